The van der Waals surface area contributed by atoms with Crippen LogP contribution in [0.4, 0.5) is 5.69 Å². The van der Waals surface area contributed by atoms with Gasteiger partial charge in [0, 0.05) is 16.8 Å². The van der Waals surface area contributed by atoms with E-state index in [-0.39, 0.29) is 29.0 Å². The highest BCUT2D eigenvalue weighted by Gasteiger charge is 2.26. The van der Waals surface area contributed by atoms with Crippen molar-refractivity contribution in [1.29, 1.82) is 0 Å². The predicted octanol–water partition coefficient (Wildman–Crippen LogP) is 1.23. The summed E-state index contributed by atoms with van der Waals surface area (Å²) in [5, 5.41) is 3.11. The molecule has 1 aromatic rings. The lowest BCUT2D eigenvalue weighted by Crippen LogP contribution is -2.43. The summed E-state index contributed by atoms with van der Waals surface area (Å²) in [5.74, 6) is -0.208. The number of nitrogens with two attached hydrogens (primary N) is 1. The lowest BCUT2D eigenvalue weighted by atomic mass is 10.1. The van der Waals surface area contributed by atoms with Crippen LogP contribution in [0.25, 0.3) is 0 Å². The molecule has 1 saturated heterocycles. The van der Waals surface area contributed by atoms with Crippen molar-refractivity contribution < 1.29 is 13.2 Å². The predicted molar refractivity (Wildman–Crippen MR) is 75.0 cm³/mol. The first-order valence-corrected chi connectivity index (χ1v) is 8.14. The van der Waals surface area contributed by atoms with Gasteiger partial charge in [-0.2, -0.15) is 0 Å². The first-order chi connectivity index (χ1) is 8.87. The van der Waals surface area contributed by atoms with Crippen molar-refractivity contribution in [3.63, 3.8) is 0 Å². The van der Waals surface area contributed by atoms with Crippen LogP contribution in [-0.4, -0.2) is 31.9 Å². The number of carbonyl (C=O) groups is 1. The Morgan fingerprint density at radius 1 is 1.42 bits per heavy atom. The number of benzene rings is 1. The largest absolute Gasteiger partial charge is 0.398 e. The van der Waals surface area contributed by atoms with Gasteiger partial charge in [-0.15, -0.1) is 0 Å². The number of halogens is 1. The average molecular weight is 303 g/mol. The second kappa shape index (κ2) is 5.38. The molecule has 5 nitrogen and oxygen atoms in total. The molecule has 0 saturated carbocycles. The van der Waals surface area contributed by atoms with Crippen LogP contribution in [0.1, 0.15) is 23.2 Å². The maximum absolute atomic E-state index is 12.1. The highest BCUT2D eigenvalue weighted by molar-refractivity contribution is 7.91. The standard InChI is InChI=1S/C12H15ClN2O3S/c13-8-3-4-11(14)10(6-8)12(16)15-9-2-1-5-19(17,18)7-9/h3-4,6,9H,1-2,5,7,14H2,(H,15,16). The molecule has 1 unspecified atom stereocenters. The smallest absolute Gasteiger partial charge is 0.253 e. The van der Waals surface area contributed by atoms with E-state index in [1.165, 1.54) is 6.07 Å². The molecule has 0 bridgehead atoms. The molecule has 19 heavy (non-hydrogen) atoms. The molecule has 1 atom stereocenters. The zero-order chi connectivity index (χ0) is 14.0. The molecule has 104 valence electrons. The lowest BCUT2D eigenvalue weighted by Gasteiger charge is -2.23. The van der Waals surface area contributed by atoms with Crippen molar-refractivity contribution in [2.24, 2.45) is 0 Å². The zero-order valence-electron chi connectivity index (χ0n) is 10.2. The monoisotopic (exact) mass is 302 g/mol. The minimum Gasteiger partial charge on any atom is -0.398 e. The highest BCUT2D eigenvalue weighted by Crippen LogP contribution is 2.19. The number of sulfone groups is 1. The van der Waals surface area contributed by atoms with Gasteiger partial charge in [0.05, 0.1) is 17.1 Å². The Hall–Kier alpha value is -1.27. The Bertz CT molecular complexity index is 601. The molecule has 7 heteroatoms. The number of hydrogen-bond acceptors (Lipinski definition) is 4. The molecule has 1 amide bonds. The summed E-state index contributed by atoms with van der Waals surface area (Å²) in [5.41, 5.74) is 6.30. The number of carbonyl (C=O) groups excluding carboxylic acids is 1. The minimum absolute atomic E-state index is 0.0147. The van der Waals surface area contributed by atoms with E-state index in [9.17, 15) is 13.2 Å². The maximum atomic E-state index is 12.1. The molecule has 1 heterocycles. The SMILES string of the molecule is Nc1ccc(Cl)cc1C(=O)NC1CCCS(=O)(=O)C1. The summed E-state index contributed by atoms with van der Waals surface area (Å²) in [6, 6.07) is 4.27. The van der Waals surface area contributed by atoms with Crippen molar-refractivity contribution in [2.75, 3.05) is 17.2 Å². The molecule has 0 aliphatic carbocycles. The number of rotatable bonds is 2. The Morgan fingerprint density at radius 2 is 2.16 bits per heavy atom. The van der Waals surface area contributed by atoms with Crippen molar-refractivity contribution in [3.8, 4) is 0 Å². The summed E-state index contributed by atoms with van der Waals surface area (Å²) in [6.45, 7) is 0. The molecule has 1 aliphatic rings. The van der Waals surface area contributed by atoms with E-state index in [0.29, 0.717) is 23.6 Å². The van der Waals surface area contributed by atoms with Crippen LogP contribution in [0.15, 0.2) is 18.2 Å². The van der Waals surface area contributed by atoms with E-state index in [4.69, 9.17) is 17.3 Å². The van der Waals surface area contributed by atoms with Gasteiger partial charge in [-0.25, -0.2) is 8.42 Å². The van der Waals surface area contributed by atoms with E-state index in [2.05, 4.69) is 5.32 Å². The van der Waals surface area contributed by atoms with Gasteiger partial charge in [-0.1, -0.05) is 11.6 Å². The van der Waals surface area contributed by atoms with Crippen molar-refractivity contribution in [1.82, 2.24) is 5.32 Å². The van der Waals surface area contributed by atoms with Gasteiger partial charge in [-0.3, -0.25) is 4.79 Å². The molecule has 0 aromatic heterocycles. The number of hydrogen-bond donors (Lipinski definition) is 2. The number of anilines is 1. The molecular weight excluding hydrogens is 288 g/mol. The molecule has 2 rings (SSSR count). The van der Waals surface area contributed by atoms with Gasteiger partial charge in [0.25, 0.3) is 5.91 Å². The molecule has 0 spiro atoms. The van der Waals surface area contributed by atoms with Crippen molar-refractivity contribution >= 4 is 33.0 Å². The van der Waals surface area contributed by atoms with E-state index in [1.807, 2.05) is 0 Å². The Balaban J connectivity index is 2.11. The lowest BCUT2D eigenvalue weighted by molar-refractivity contribution is 0.0939. The van der Waals surface area contributed by atoms with Gasteiger partial charge in [0.1, 0.15) is 0 Å². The molecule has 3 N–H and O–H groups in total. The normalized spacial score (nSPS) is 21.8. The van der Waals surface area contributed by atoms with Crippen LogP contribution < -0.4 is 11.1 Å². The van der Waals surface area contributed by atoms with E-state index >= 15 is 0 Å². The van der Waals surface area contributed by atoms with Gasteiger partial charge >= 0.3 is 0 Å². The average Bonchev–Trinajstić information content (AvgIpc) is 2.31. The van der Waals surface area contributed by atoms with Gasteiger partial charge < -0.3 is 11.1 Å². The van der Waals surface area contributed by atoms with Crippen LogP contribution in [0, 0.1) is 0 Å². The Labute approximate surface area is 117 Å². The van der Waals surface area contributed by atoms with Gasteiger partial charge in [0.15, 0.2) is 9.84 Å². The molecule has 1 aromatic carbocycles. The number of nitrogen functional groups attached to an aromatic ring is 1. The Kier molecular flexibility index (Phi) is 4.01. The molecule has 0 radical (unpaired) electrons. The maximum Gasteiger partial charge on any atom is 0.253 e. The molecule has 1 fully saturated rings. The van der Waals surface area contributed by atoms with Crippen LogP contribution in [-0.2, 0) is 9.84 Å². The molecular formula is C12H15ClN2O3S. The zero-order valence-corrected chi connectivity index (χ0v) is 11.8. The number of nitrogens with one attached hydrogen (secondary N) is 1. The summed E-state index contributed by atoms with van der Waals surface area (Å²) >= 11 is 5.82. The third-order valence-electron chi connectivity index (χ3n) is 3.06. The summed E-state index contributed by atoms with van der Waals surface area (Å²) < 4.78 is 23.0. The quantitative estimate of drug-likeness (QED) is 0.804. The fourth-order valence-electron chi connectivity index (χ4n) is 2.12. The summed E-state index contributed by atoms with van der Waals surface area (Å²) in [6.07, 6.45) is 1.23. The highest BCUT2D eigenvalue weighted by atomic mass is 35.5. The van der Waals surface area contributed by atoms with Gasteiger partial charge in [-0.05, 0) is 31.0 Å². The van der Waals surface area contributed by atoms with E-state index in [0.717, 1.165) is 0 Å². The number of amides is 1. The third-order valence-corrected chi connectivity index (χ3v) is 5.11. The van der Waals surface area contributed by atoms with E-state index < -0.39 is 9.84 Å². The topological polar surface area (TPSA) is 89.3 Å². The van der Waals surface area contributed by atoms with Gasteiger partial charge in [0.2, 0.25) is 0 Å². The molecule has 1 aliphatic heterocycles. The van der Waals surface area contributed by atoms with Crippen LogP contribution in [0.2, 0.25) is 5.02 Å². The summed E-state index contributed by atoms with van der Waals surface area (Å²) in [7, 11) is -3.05. The minimum atomic E-state index is -3.05. The van der Waals surface area contributed by atoms with Crippen molar-refractivity contribution in [3.05, 3.63) is 28.8 Å². The van der Waals surface area contributed by atoms with Crippen LogP contribution in [0.3, 0.4) is 0 Å². The fourth-order valence-corrected chi connectivity index (χ4v) is 3.93. The Morgan fingerprint density at radius 3 is 2.84 bits per heavy atom. The first-order valence-electron chi connectivity index (χ1n) is 5.94. The summed E-state index contributed by atoms with van der Waals surface area (Å²) in [4.78, 5) is 12.1. The van der Waals surface area contributed by atoms with Crippen LogP contribution >= 0.6 is 11.6 Å². The second-order valence-electron chi connectivity index (χ2n) is 4.66. The first kappa shape index (κ1) is 14.1. The van der Waals surface area contributed by atoms with Crippen LogP contribution in [0.5, 0.6) is 0 Å². The fraction of sp³-hybridized carbons (Fsp3) is 0.417. The van der Waals surface area contributed by atoms with Crippen molar-refractivity contribution in [2.45, 2.75) is 18.9 Å². The van der Waals surface area contributed by atoms with E-state index in [1.54, 1.807) is 12.1 Å². The third kappa shape index (κ3) is 3.61. The second-order valence-corrected chi connectivity index (χ2v) is 7.32.